The van der Waals surface area contributed by atoms with E-state index in [1.807, 2.05) is 0 Å². The van der Waals surface area contributed by atoms with Gasteiger partial charge < -0.3 is 15.0 Å². The van der Waals surface area contributed by atoms with Gasteiger partial charge >= 0.3 is 0 Å². The first-order chi connectivity index (χ1) is 10.6. The van der Waals surface area contributed by atoms with E-state index in [0.29, 0.717) is 0 Å². The molecule has 1 aromatic rings. The molecular formula is C15H21F2N3O2. The Bertz CT molecular complexity index is 491. The highest BCUT2D eigenvalue weighted by molar-refractivity contribution is 5.95. The van der Waals surface area contributed by atoms with E-state index in [1.54, 1.807) is 6.07 Å². The normalized spacial score (nSPS) is 16.7. The number of carbonyl (C=O) groups is 1. The van der Waals surface area contributed by atoms with Crippen LogP contribution >= 0.6 is 0 Å². The number of pyridine rings is 1. The van der Waals surface area contributed by atoms with E-state index in [0.717, 1.165) is 32.5 Å². The van der Waals surface area contributed by atoms with Gasteiger partial charge in [0.05, 0.1) is 0 Å². The lowest BCUT2D eigenvalue weighted by Crippen LogP contribution is -2.44. The van der Waals surface area contributed by atoms with Crippen LogP contribution in [0.15, 0.2) is 18.3 Å². The molecule has 0 saturated carbocycles. The maximum absolute atomic E-state index is 12.3. The van der Waals surface area contributed by atoms with Crippen LogP contribution in [0.4, 0.5) is 8.78 Å². The lowest BCUT2D eigenvalue weighted by Gasteiger charge is -2.31. The summed E-state index contributed by atoms with van der Waals surface area (Å²) in [5.41, 5.74) is 0.0565. The molecule has 0 bridgehead atoms. The lowest BCUT2D eigenvalue weighted by atomic mass is 10.0. The number of hydrogen-bond donors (Lipinski definition) is 1. The number of nitrogens with zero attached hydrogens (tertiary/aromatic N) is 2. The molecule has 0 radical (unpaired) electrons. The molecule has 7 heteroatoms. The van der Waals surface area contributed by atoms with E-state index >= 15 is 0 Å². The number of ether oxygens (including phenoxy) is 1. The molecule has 0 unspecified atom stereocenters. The predicted molar refractivity (Wildman–Crippen MR) is 78.3 cm³/mol. The van der Waals surface area contributed by atoms with Gasteiger partial charge in [-0.15, -0.1) is 0 Å². The zero-order valence-electron chi connectivity index (χ0n) is 12.6. The third-order valence-electron chi connectivity index (χ3n) is 3.72. The average molecular weight is 313 g/mol. The summed E-state index contributed by atoms with van der Waals surface area (Å²) < 4.78 is 29.5. The SMILES string of the molecule is CCN1CCC(NC(=O)c2ncccc2OCC(F)F)CC1. The number of hydrogen-bond acceptors (Lipinski definition) is 4. The Kier molecular flexibility index (Phi) is 6.06. The maximum atomic E-state index is 12.3. The quantitative estimate of drug-likeness (QED) is 0.872. The monoisotopic (exact) mass is 313 g/mol. The highest BCUT2D eigenvalue weighted by Gasteiger charge is 2.22. The summed E-state index contributed by atoms with van der Waals surface area (Å²) in [6, 6.07) is 3.11. The van der Waals surface area contributed by atoms with Crippen molar-refractivity contribution in [1.29, 1.82) is 0 Å². The van der Waals surface area contributed by atoms with Gasteiger partial charge in [-0.2, -0.15) is 0 Å². The third-order valence-corrected chi connectivity index (χ3v) is 3.72. The van der Waals surface area contributed by atoms with Crippen LogP contribution in [-0.4, -0.2) is 54.5 Å². The van der Waals surface area contributed by atoms with Crippen molar-refractivity contribution in [3.63, 3.8) is 0 Å². The second-order valence-electron chi connectivity index (χ2n) is 5.23. The molecular weight excluding hydrogens is 292 g/mol. The fraction of sp³-hybridized carbons (Fsp3) is 0.600. The molecule has 1 aliphatic heterocycles. The molecule has 5 nitrogen and oxygen atoms in total. The van der Waals surface area contributed by atoms with Gasteiger partial charge in [-0.05, 0) is 31.5 Å². The second kappa shape index (κ2) is 8.03. The fourth-order valence-corrected chi connectivity index (χ4v) is 2.48. The highest BCUT2D eigenvalue weighted by atomic mass is 19.3. The van der Waals surface area contributed by atoms with Crippen molar-refractivity contribution in [2.75, 3.05) is 26.2 Å². The van der Waals surface area contributed by atoms with Crippen molar-refractivity contribution in [2.45, 2.75) is 32.2 Å². The maximum Gasteiger partial charge on any atom is 0.273 e. The molecule has 0 aliphatic carbocycles. The first kappa shape index (κ1) is 16.6. The van der Waals surface area contributed by atoms with Crippen molar-refractivity contribution in [2.24, 2.45) is 0 Å². The summed E-state index contributed by atoms with van der Waals surface area (Å²) in [6.07, 6.45) is 0.609. The molecule has 1 fully saturated rings. The summed E-state index contributed by atoms with van der Waals surface area (Å²) in [4.78, 5) is 18.6. The smallest absolute Gasteiger partial charge is 0.273 e. The summed E-state index contributed by atoms with van der Waals surface area (Å²) in [5, 5.41) is 2.91. The molecule has 1 saturated heterocycles. The van der Waals surface area contributed by atoms with E-state index in [2.05, 4.69) is 22.1 Å². The van der Waals surface area contributed by atoms with Crippen molar-refractivity contribution >= 4 is 5.91 Å². The van der Waals surface area contributed by atoms with Crippen molar-refractivity contribution in [3.8, 4) is 5.75 Å². The van der Waals surface area contributed by atoms with Crippen molar-refractivity contribution in [3.05, 3.63) is 24.0 Å². The fourth-order valence-electron chi connectivity index (χ4n) is 2.48. The molecule has 1 amide bonds. The number of likely N-dealkylation sites (tertiary alicyclic amines) is 1. The number of carbonyl (C=O) groups excluding carboxylic acids is 1. The number of nitrogens with one attached hydrogen (secondary N) is 1. The van der Waals surface area contributed by atoms with Crippen LogP contribution in [-0.2, 0) is 0 Å². The van der Waals surface area contributed by atoms with E-state index in [4.69, 9.17) is 4.74 Å². The minimum atomic E-state index is -2.59. The number of aromatic nitrogens is 1. The zero-order chi connectivity index (χ0) is 15.9. The van der Waals surface area contributed by atoms with Crippen LogP contribution in [0, 0.1) is 0 Å². The molecule has 122 valence electrons. The number of halogens is 2. The van der Waals surface area contributed by atoms with Crippen LogP contribution in [0.2, 0.25) is 0 Å². The minimum Gasteiger partial charge on any atom is -0.485 e. The van der Waals surface area contributed by atoms with Gasteiger partial charge in [-0.3, -0.25) is 4.79 Å². The second-order valence-corrected chi connectivity index (χ2v) is 5.23. The van der Waals surface area contributed by atoms with E-state index in [9.17, 15) is 13.6 Å². The summed E-state index contributed by atoms with van der Waals surface area (Å²) >= 11 is 0. The molecule has 1 aliphatic rings. The van der Waals surface area contributed by atoms with Crippen molar-refractivity contribution in [1.82, 2.24) is 15.2 Å². The molecule has 2 rings (SSSR count). The minimum absolute atomic E-state index is 0.0565. The molecule has 1 aromatic heterocycles. The van der Waals surface area contributed by atoms with Gasteiger partial charge in [0.25, 0.3) is 12.3 Å². The molecule has 2 heterocycles. The van der Waals surface area contributed by atoms with E-state index in [1.165, 1.54) is 12.3 Å². The Hall–Kier alpha value is -1.76. The standard InChI is InChI=1S/C15H21F2N3O2/c1-2-20-8-5-11(6-9-20)19-15(21)14-12(4-3-7-18-14)22-10-13(16)17/h3-4,7,11,13H,2,5-6,8-10H2,1H3,(H,19,21). The number of amides is 1. The third kappa shape index (κ3) is 4.62. The van der Waals surface area contributed by atoms with Crippen LogP contribution in [0.25, 0.3) is 0 Å². The van der Waals surface area contributed by atoms with Crippen LogP contribution in [0.1, 0.15) is 30.3 Å². The van der Waals surface area contributed by atoms with Gasteiger partial charge in [0, 0.05) is 25.3 Å². The molecule has 22 heavy (non-hydrogen) atoms. The Balaban J connectivity index is 1.95. The van der Waals surface area contributed by atoms with E-state index < -0.39 is 13.0 Å². The molecule has 0 spiro atoms. The first-order valence-corrected chi connectivity index (χ1v) is 7.49. The number of alkyl halides is 2. The Morgan fingerprint density at radius 2 is 2.23 bits per heavy atom. The van der Waals surface area contributed by atoms with Gasteiger partial charge in [0.1, 0.15) is 6.61 Å². The number of rotatable bonds is 6. The largest absolute Gasteiger partial charge is 0.485 e. The summed E-state index contributed by atoms with van der Waals surface area (Å²) in [5.74, 6) is -0.286. The highest BCUT2D eigenvalue weighted by Crippen LogP contribution is 2.17. The zero-order valence-corrected chi connectivity index (χ0v) is 12.6. The van der Waals surface area contributed by atoms with Crippen LogP contribution in [0.3, 0.4) is 0 Å². The first-order valence-electron chi connectivity index (χ1n) is 7.49. The number of piperidine rings is 1. The van der Waals surface area contributed by atoms with Crippen LogP contribution < -0.4 is 10.1 Å². The van der Waals surface area contributed by atoms with Gasteiger partial charge in [-0.1, -0.05) is 6.92 Å². The van der Waals surface area contributed by atoms with Gasteiger partial charge in [-0.25, -0.2) is 13.8 Å². The molecule has 1 N–H and O–H groups in total. The molecule has 0 atom stereocenters. The lowest BCUT2D eigenvalue weighted by molar-refractivity contribution is 0.0783. The topological polar surface area (TPSA) is 54.5 Å². The Morgan fingerprint density at radius 1 is 1.50 bits per heavy atom. The average Bonchev–Trinajstić information content (AvgIpc) is 2.54. The molecule has 0 aromatic carbocycles. The van der Waals surface area contributed by atoms with Gasteiger partial charge in [0.15, 0.2) is 11.4 Å². The van der Waals surface area contributed by atoms with Gasteiger partial charge in [0.2, 0.25) is 0 Å². The Morgan fingerprint density at radius 3 is 2.86 bits per heavy atom. The predicted octanol–water partition coefficient (Wildman–Crippen LogP) is 1.94. The summed E-state index contributed by atoms with van der Waals surface area (Å²) in [6.45, 7) is 4.25. The summed E-state index contributed by atoms with van der Waals surface area (Å²) in [7, 11) is 0. The van der Waals surface area contributed by atoms with Crippen LogP contribution in [0.5, 0.6) is 5.75 Å². The van der Waals surface area contributed by atoms with E-state index in [-0.39, 0.29) is 23.4 Å². The Labute approximate surface area is 128 Å². The van der Waals surface area contributed by atoms with Crippen molar-refractivity contribution < 1.29 is 18.3 Å².